The molecule has 0 N–H and O–H groups in total. The van der Waals surface area contributed by atoms with E-state index in [0.717, 1.165) is 7.35 Å². The van der Waals surface area contributed by atoms with Crippen LogP contribution in [0.4, 0.5) is 0 Å². The number of rotatable bonds is 10. The minimum Gasteiger partial charge on any atom is -1.00 e. The van der Waals surface area contributed by atoms with Crippen molar-refractivity contribution in [2.75, 3.05) is 0 Å². The Morgan fingerprint density at radius 3 is 1.07 bits per heavy atom. The summed E-state index contributed by atoms with van der Waals surface area (Å²) in [5.74, 6) is 3.68. The van der Waals surface area contributed by atoms with Crippen LogP contribution in [0.25, 0.3) is 12.2 Å². The van der Waals surface area contributed by atoms with E-state index in [4.69, 9.17) is 0 Å². The van der Waals surface area contributed by atoms with Gasteiger partial charge in [0.25, 0.3) is 0 Å². The van der Waals surface area contributed by atoms with Gasteiger partial charge in [-0.1, -0.05) is 0 Å². The van der Waals surface area contributed by atoms with Gasteiger partial charge in [0.2, 0.25) is 0 Å². The van der Waals surface area contributed by atoms with E-state index in [-0.39, 0.29) is 24.8 Å². The molecule has 0 bridgehead atoms. The van der Waals surface area contributed by atoms with Gasteiger partial charge in [-0.05, 0) is 0 Å². The molecule has 3 heteroatoms. The van der Waals surface area contributed by atoms with Crippen molar-refractivity contribution >= 4 is 12.2 Å². The van der Waals surface area contributed by atoms with Crippen LogP contribution in [0.2, 0.25) is 8.35 Å². The van der Waals surface area contributed by atoms with E-state index in [1.54, 1.807) is 41.7 Å². The van der Waals surface area contributed by atoms with Gasteiger partial charge in [0, 0.05) is 0 Å². The van der Waals surface area contributed by atoms with E-state index >= 15 is 0 Å². The van der Waals surface area contributed by atoms with Gasteiger partial charge in [-0.15, -0.1) is 0 Å². The number of allylic oxidation sites excluding steroid dienone is 2. The molecule has 0 amide bonds. The Morgan fingerprint density at radius 2 is 0.814 bits per heavy atom. The van der Waals surface area contributed by atoms with Gasteiger partial charge in [0.05, 0.1) is 0 Å². The molecule has 1 fully saturated rings. The zero-order valence-electron chi connectivity index (χ0n) is 29.2. The second-order valence-corrected chi connectivity index (χ2v) is 32.6. The molecule has 0 aromatic heterocycles. The molecule has 2 aromatic rings. The van der Waals surface area contributed by atoms with Crippen molar-refractivity contribution in [1.29, 1.82) is 0 Å². The van der Waals surface area contributed by atoms with Gasteiger partial charge in [-0.2, -0.15) is 0 Å². The van der Waals surface area contributed by atoms with Crippen LogP contribution >= 0.6 is 0 Å². The first kappa shape index (κ1) is 36.8. The summed E-state index contributed by atoms with van der Waals surface area (Å²) < 4.78 is 4.65. The van der Waals surface area contributed by atoms with Gasteiger partial charge in [-0.25, -0.2) is 0 Å². The maximum atomic E-state index is 2.75. The fourth-order valence-corrected chi connectivity index (χ4v) is 36.8. The van der Waals surface area contributed by atoms with Gasteiger partial charge in [0.15, 0.2) is 0 Å². The van der Waals surface area contributed by atoms with Crippen LogP contribution in [-0.2, 0) is 20.0 Å². The molecule has 43 heavy (non-hydrogen) atoms. The van der Waals surface area contributed by atoms with Crippen LogP contribution in [-0.4, -0.2) is 0 Å². The van der Waals surface area contributed by atoms with E-state index in [9.17, 15) is 0 Å². The molecule has 1 aliphatic heterocycles. The topological polar surface area (TPSA) is 0 Å². The zero-order valence-corrected chi connectivity index (χ0v) is 34.3. The molecule has 0 saturated carbocycles. The third kappa shape index (κ3) is 6.63. The molecule has 0 spiro atoms. The summed E-state index contributed by atoms with van der Waals surface area (Å²) in [6, 6.07) is 10.1. The van der Waals surface area contributed by atoms with Crippen molar-refractivity contribution in [3.05, 3.63) is 79.9 Å². The molecule has 1 saturated heterocycles. The molecule has 3 aliphatic rings. The van der Waals surface area contributed by atoms with Crippen LogP contribution in [0.1, 0.15) is 171 Å². The predicted octanol–water partition coefficient (Wildman–Crippen LogP) is 6.86. The second-order valence-electron chi connectivity index (χ2n) is 16.0. The van der Waals surface area contributed by atoms with E-state index in [2.05, 4.69) is 120 Å². The second kappa shape index (κ2) is 14.0. The number of hydrogen-bond acceptors (Lipinski definition) is 0. The molecule has 1 heterocycles. The van der Waals surface area contributed by atoms with Crippen LogP contribution in [0.15, 0.2) is 35.4 Å². The van der Waals surface area contributed by atoms with Crippen molar-refractivity contribution < 1.29 is 44.8 Å². The standard InChI is InChI=1S/2C19H27.C2H4.2ClH.Hf/c2*1-12(2)9-15-10-18-16(13(3)4)7-8-17(14(5)6)19(18)11-15;1-2;;;/h2*7-8,10-14H,9H2,1-6H3;1-2H2;2*1H;/q;;;;;+2/p-2. The van der Waals surface area contributed by atoms with Crippen molar-refractivity contribution in [3.8, 4) is 0 Å². The maximum absolute atomic E-state index is 2.98. The Bertz CT molecular complexity index is 1270. The molecule has 0 nitrogen and oxygen atoms in total. The average Bonchev–Trinajstić information content (AvgIpc) is 3.41. The third-order valence-corrected chi connectivity index (χ3v) is 29.4. The summed E-state index contributed by atoms with van der Waals surface area (Å²) in [5.41, 5.74) is 17.1. The largest absolute Gasteiger partial charge is 1.00 e. The molecule has 2 atom stereocenters. The fraction of sp³-hybridized carbons (Fsp3) is 0.600. The van der Waals surface area contributed by atoms with Crippen molar-refractivity contribution in [2.24, 2.45) is 11.8 Å². The molecule has 5 rings (SSSR count). The Hall–Kier alpha value is -0.630. The summed E-state index contributed by atoms with van der Waals surface area (Å²) in [6.07, 6.45) is 8.03. The van der Waals surface area contributed by atoms with E-state index in [1.807, 2.05) is 22.3 Å². The summed E-state index contributed by atoms with van der Waals surface area (Å²) in [6.45, 7) is 29.2. The molecular weight excluding hydrogens is 730 g/mol. The first-order chi connectivity index (χ1) is 19.3. The zero-order chi connectivity index (χ0) is 30.0. The van der Waals surface area contributed by atoms with Crippen LogP contribution in [0, 0.1) is 11.8 Å². The SMILES string of the molecule is CC(C)CC1=Cc2c(C(C)C)ccc(C(C)C)c2[CH]1[Hf+2]1([CH]2C(CC(C)C)=Cc3c(C(C)C)ccc(C(C)C)c32)[CH2][CH2]1.[Cl-].[Cl-]. The Labute approximate surface area is 282 Å². The number of benzene rings is 2. The number of hydrogen-bond donors (Lipinski definition) is 0. The normalized spacial score (nSPS) is 19.3. The summed E-state index contributed by atoms with van der Waals surface area (Å²) >= 11 is -2.98. The molecule has 2 aliphatic carbocycles. The van der Waals surface area contributed by atoms with Gasteiger partial charge in [-0.3, -0.25) is 0 Å². The summed E-state index contributed by atoms with van der Waals surface area (Å²) in [4.78, 5) is 0. The monoisotopic (exact) mass is 788 g/mol. The molecular formula is C40H58Cl2Hf. The predicted molar refractivity (Wildman–Crippen MR) is 179 cm³/mol. The Balaban J connectivity index is 0.00000253. The molecule has 0 radical (unpaired) electrons. The van der Waals surface area contributed by atoms with Crippen LogP contribution in [0.3, 0.4) is 0 Å². The minimum absolute atomic E-state index is 0. The number of fused-ring (bicyclic) bond motifs is 2. The summed E-state index contributed by atoms with van der Waals surface area (Å²) in [7, 11) is 0. The average molecular weight is 788 g/mol. The third-order valence-electron chi connectivity index (χ3n) is 10.4. The molecule has 2 aromatic carbocycles. The van der Waals surface area contributed by atoms with E-state index < -0.39 is 20.0 Å². The van der Waals surface area contributed by atoms with Gasteiger partial charge < -0.3 is 24.8 Å². The minimum atomic E-state index is -2.98. The van der Waals surface area contributed by atoms with Crippen LogP contribution < -0.4 is 24.8 Å². The van der Waals surface area contributed by atoms with Crippen molar-refractivity contribution in [2.45, 2.75) is 135 Å². The smallest absolute Gasteiger partial charge is 1.00 e. The van der Waals surface area contributed by atoms with Crippen molar-refractivity contribution in [3.63, 3.8) is 0 Å². The van der Waals surface area contributed by atoms with E-state index in [0.29, 0.717) is 35.5 Å². The maximum Gasteiger partial charge on any atom is -1.00 e. The first-order valence-electron chi connectivity index (χ1n) is 17.0. The van der Waals surface area contributed by atoms with Gasteiger partial charge >= 0.3 is 259 Å². The van der Waals surface area contributed by atoms with E-state index in [1.165, 1.54) is 12.8 Å². The fourth-order valence-electron chi connectivity index (χ4n) is 8.73. The quantitative estimate of drug-likeness (QED) is 0.231. The summed E-state index contributed by atoms with van der Waals surface area (Å²) in [5, 5.41) is 0. The molecule has 2 unspecified atom stereocenters. The number of halogens is 2. The molecule has 236 valence electrons. The Morgan fingerprint density at radius 1 is 0.512 bits per heavy atom. The van der Waals surface area contributed by atoms with Crippen LogP contribution in [0.5, 0.6) is 0 Å². The first-order valence-corrected chi connectivity index (χ1v) is 26.3. The Kier molecular flexibility index (Phi) is 12.0. The van der Waals surface area contributed by atoms with Gasteiger partial charge in [0.1, 0.15) is 0 Å². The van der Waals surface area contributed by atoms with Crippen molar-refractivity contribution in [1.82, 2.24) is 0 Å².